The quantitative estimate of drug-likeness (QED) is 0.635. The predicted molar refractivity (Wildman–Crippen MR) is 107 cm³/mol. The number of anilines is 2. The highest BCUT2D eigenvalue weighted by Crippen LogP contribution is 2.23. The number of aromatic nitrogens is 1. The van der Waals surface area contributed by atoms with E-state index in [0.29, 0.717) is 18.1 Å². The Balaban J connectivity index is 1.85. The molecule has 28 heavy (non-hydrogen) atoms. The van der Waals surface area contributed by atoms with Gasteiger partial charge in [0.15, 0.2) is 13.1 Å². The third-order valence-electron chi connectivity index (χ3n) is 4.24. The number of carbonyl (C=O) groups excluding carboxylic acids is 2. The predicted octanol–water partition coefficient (Wildman–Crippen LogP) is 1.46. The number of carbonyl (C=O) groups is 2. The molecule has 152 valence electrons. The number of hydrogen-bond acceptors (Lipinski definition) is 5. The second-order valence-corrected chi connectivity index (χ2v) is 7.61. The maximum atomic E-state index is 12.3. The molecule has 2 amide bonds. The highest BCUT2D eigenvalue weighted by atomic mass is 16.5. The number of hydrogen-bond donors (Lipinski definition) is 3. The number of quaternary nitrogens is 1. The van der Waals surface area contributed by atoms with Crippen LogP contribution in [-0.2, 0) is 15.0 Å². The van der Waals surface area contributed by atoms with E-state index in [9.17, 15) is 9.59 Å². The summed E-state index contributed by atoms with van der Waals surface area (Å²) in [5.74, 6) is 0.640. The van der Waals surface area contributed by atoms with Gasteiger partial charge in [-0.1, -0.05) is 25.9 Å². The van der Waals surface area contributed by atoms with Crippen molar-refractivity contribution in [1.82, 2.24) is 5.16 Å². The summed E-state index contributed by atoms with van der Waals surface area (Å²) in [6.07, 6.45) is 0. The summed E-state index contributed by atoms with van der Waals surface area (Å²) < 4.78 is 10.3. The van der Waals surface area contributed by atoms with E-state index in [0.717, 1.165) is 16.3 Å². The van der Waals surface area contributed by atoms with Gasteiger partial charge in [-0.25, -0.2) is 0 Å². The number of rotatable bonds is 8. The van der Waals surface area contributed by atoms with Crippen LogP contribution in [0.1, 0.15) is 33.4 Å². The van der Waals surface area contributed by atoms with Crippen molar-refractivity contribution >= 4 is 23.4 Å². The molecule has 2 aromatic rings. The minimum absolute atomic E-state index is 0.151. The Labute approximate surface area is 165 Å². The molecule has 0 aliphatic heterocycles. The Morgan fingerprint density at radius 3 is 2.21 bits per heavy atom. The molecule has 1 aromatic carbocycles. The number of amides is 2. The van der Waals surface area contributed by atoms with Crippen molar-refractivity contribution in [3.63, 3.8) is 0 Å². The SMILES string of the molecule is CC[NH+](CC(=O)Nc1ccc(OC)cc1)CC(=O)Nc1cc(C(C)(C)C)no1. The lowest BCUT2D eigenvalue weighted by Gasteiger charge is -2.16. The van der Waals surface area contributed by atoms with E-state index >= 15 is 0 Å². The van der Waals surface area contributed by atoms with Crippen molar-refractivity contribution in [2.24, 2.45) is 0 Å². The number of methoxy groups -OCH3 is 1. The first-order valence-electron chi connectivity index (χ1n) is 9.25. The standard InChI is InChI=1S/C20H28N4O4/c1-6-24(12-17(25)21-14-7-9-15(27-5)10-8-14)13-18(26)22-19-11-16(23-28-19)20(2,3)4/h7-11H,6,12-13H2,1-5H3,(H,21,25)(H,22,26)/p+1. The molecular formula is C20H29N4O4+. The van der Waals surface area contributed by atoms with E-state index in [1.807, 2.05) is 27.7 Å². The molecule has 1 heterocycles. The third kappa shape index (κ3) is 6.38. The Bertz CT molecular complexity index is 793. The minimum atomic E-state index is -0.231. The van der Waals surface area contributed by atoms with Gasteiger partial charge in [-0.15, -0.1) is 0 Å². The van der Waals surface area contributed by atoms with Crippen LogP contribution in [0.15, 0.2) is 34.9 Å². The van der Waals surface area contributed by atoms with Crippen molar-refractivity contribution < 1.29 is 23.7 Å². The Morgan fingerprint density at radius 1 is 1.11 bits per heavy atom. The van der Waals surface area contributed by atoms with Gasteiger partial charge in [0.05, 0.1) is 19.3 Å². The molecule has 0 spiro atoms. The lowest BCUT2D eigenvalue weighted by Crippen LogP contribution is -3.13. The molecule has 0 fully saturated rings. The molecule has 0 aliphatic rings. The summed E-state index contributed by atoms with van der Waals surface area (Å²) in [5, 5.41) is 9.50. The first-order valence-corrected chi connectivity index (χ1v) is 9.25. The summed E-state index contributed by atoms with van der Waals surface area (Å²) in [7, 11) is 1.59. The molecule has 1 aromatic heterocycles. The second-order valence-electron chi connectivity index (χ2n) is 7.61. The Morgan fingerprint density at radius 2 is 1.71 bits per heavy atom. The van der Waals surface area contributed by atoms with Gasteiger partial charge in [0.1, 0.15) is 5.75 Å². The zero-order chi connectivity index (χ0) is 20.7. The fraction of sp³-hybridized carbons (Fsp3) is 0.450. The first-order chi connectivity index (χ1) is 13.2. The van der Waals surface area contributed by atoms with Crippen LogP contribution in [0.25, 0.3) is 0 Å². The van der Waals surface area contributed by atoms with Crippen molar-refractivity contribution in [1.29, 1.82) is 0 Å². The van der Waals surface area contributed by atoms with E-state index in [-0.39, 0.29) is 30.3 Å². The van der Waals surface area contributed by atoms with Crippen LogP contribution in [0.5, 0.6) is 5.75 Å². The van der Waals surface area contributed by atoms with E-state index in [1.165, 1.54) is 0 Å². The molecule has 0 bridgehead atoms. The highest BCUT2D eigenvalue weighted by molar-refractivity contribution is 5.92. The van der Waals surface area contributed by atoms with E-state index in [4.69, 9.17) is 9.26 Å². The number of ether oxygens (including phenoxy) is 1. The molecule has 8 nitrogen and oxygen atoms in total. The summed E-state index contributed by atoms with van der Waals surface area (Å²) in [4.78, 5) is 25.4. The number of nitrogens with one attached hydrogen (secondary N) is 3. The van der Waals surface area contributed by atoms with Crippen LogP contribution >= 0.6 is 0 Å². The lowest BCUT2D eigenvalue weighted by molar-refractivity contribution is -0.881. The normalized spacial score (nSPS) is 12.3. The zero-order valence-electron chi connectivity index (χ0n) is 17.1. The first kappa shape index (κ1) is 21.4. The maximum absolute atomic E-state index is 12.3. The summed E-state index contributed by atoms with van der Waals surface area (Å²) >= 11 is 0. The average Bonchev–Trinajstić information content (AvgIpc) is 3.10. The van der Waals surface area contributed by atoms with Crippen molar-refractivity contribution in [3.8, 4) is 5.75 Å². The van der Waals surface area contributed by atoms with Crippen LogP contribution in [0, 0.1) is 0 Å². The molecule has 8 heteroatoms. The van der Waals surface area contributed by atoms with Crippen LogP contribution in [0.2, 0.25) is 0 Å². The van der Waals surface area contributed by atoms with Gasteiger partial charge in [0.25, 0.3) is 11.8 Å². The molecule has 1 unspecified atom stereocenters. The summed E-state index contributed by atoms with van der Waals surface area (Å²) in [5.41, 5.74) is 1.29. The molecule has 0 aliphatic carbocycles. The van der Waals surface area contributed by atoms with Crippen molar-refractivity contribution in [2.45, 2.75) is 33.1 Å². The van der Waals surface area contributed by atoms with Crippen molar-refractivity contribution in [3.05, 3.63) is 36.0 Å². The van der Waals surface area contributed by atoms with Gasteiger partial charge in [0.2, 0.25) is 5.88 Å². The molecule has 3 N–H and O–H groups in total. The van der Waals surface area contributed by atoms with Gasteiger partial charge >= 0.3 is 0 Å². The molecule has 2 rings (SSSR count). The largest absolute Gasteiger partial charge is 0.497 e. The van der Waals surface area contributed by atoms with Crippen LogP contribution in [0.3, 0.4) is 0 Å². The maximum Gasteiger partial charge on any atom is 0.281 e. The van der Waals surface area contributed by atoms with Crippen LogP contribution in [0.4, 0.5) is 11.6 Å². The van der Waals surface area contributed by atoms with Crippen LogP contribution in [-0.4, -0.2) is 43.7 Å². The second kappa shape index (κ2) is 9.36. The van der Waals surface area contributed by atoms with Gasteiger partial charge in [-0.05, 0) is 31.2 Å². The Hall–Kier alpha value is -2.87. The summed E-state index contributed by atoms with van der Waals surface area (Å²) in [6, 6.07) is 8.81. The monoisotopic (exact) mass is 389 g/mol. The average molecular weight is 389 g/mol. The van der Waals surface area contributed by atoms with Gasteiger partial charge in [0, 0.05) is 17.2 Å². The fourth-order valence-electron chi connectivity index (χ4n) is 2.52. The highest BCUT2D eigenvalue weighted by Gasteiger charge is 2.21. The topological polar surface area (TPSA) is 97.9 Å². The third-order valence-corrected chi connectivity index (χ3v) is 4.24. The van der Waals surface area contributed by atoms with E-state index < -0.39 is 0 Å². The molecular weight excluding hydrogens is 360 g/mol. The van der Waals surface area contributed by atoms with Crippen LogP contribution < -0.4 is 20.3 Å². The molecule has 1 atom stereocenters. The lowest BCUT2D eigenvalue weighted by atomic mass is 9.92. The zero-order valence-corrected chi connectivity index (χ0v) is 17.1. The van der Waals surface area contributed by atoms with Gasteiger partial charge < -0.3 is 19.5 Å². The van der Waals surface area contributed by atoms with Gasteiger partial charge in [-0.3, -0.25) is 14.9 Å². The number of benzene rings is 1. The molecule has 0 saturated heterocycles. The molecule has 0 saturated carbocycles. The van der Waals surface area contributed by atoms with Gasteiger partial charge in [-0.2, -0.15) is 0 Å². The smallest absolute Gasteiger partial charge is 0.281 e. The van der Waals surface area contributed by atoms with E-state index in [1.54, 1.807) is 37.4 Å². The number of likely N-dealkylation sites (N-methyl/N-ethyl adjacent to an activating group) is 1. The summed E-state index contributed by atoms with van der Waals surface area (Å²) in [6.45, 7) is 8.93. The number of nitrogens with zero attached hydrogens (tertiary/aromatic N) is 1. The Kier molecular flexibility index (Phi) is 7.17. The van der Waals surface area contributed by atoms with E-state index in [2.05, 4.69) is 15.8 Å². The fourth-order valence-corrected chi connectivity index (χ4v) is 2.52. The molecule has 0 radical (unpaired) electrons. The van der Waals surface area contributed by atoms with Crippen molar-refractivity contribution in [2.75, 3.05) is 37.4 Å². The minimum Gasteiger partial charge on any atom is -0.497 e.